The molecule has 0 aliphatic carbocycles. The maximum absolute atomic E-state index is 13.4. The van der Waals surface area contributed by atoms with Crippen molar-refractivity contribution in [2.75, 3.05) is 12.0 Å². The summed E-state index contributed by atoms with van der Waals surface area (Å²) in [7, 11) is 0. The van der Waals surface area contributed by atoms with E-state index >= 15 is 0 Å². The zero-order chi connectivity index (χ0) is 15.8. The van der Waals surface area contributed by atoms with Crippen LogP contribution in [0, 0.1) is 5.82 Å². The van der Waals surface area contributed by atoms with Crippen LogP contribution in [0.5, 0.6) is 5.75 Å². The van der Waals surface area contributed by atoms with Crippen molar-refractivity contribution in [2.45, 2.75) is 19.8 Å². The van der Waals surface area contributed by atoms with E-state index in [1.54, 1.807) is 12.1 Å². The first-order valence-electron chi connectivity index (χ1n) is 7.20. The monoisotopic (exact) mass is 302 g/mol. The number of nitrogens with one attached hydrogen (secondary N) is 2. The summed E-state index contributed by atoms with van der Waals surface area (Å²) in [4.78, 5) is 11.6. The predicted molar refractivity (Wildman–Crippen MR) is 84.5 cm³/mol. The molecule has 4 nitrogen and oxygen atoms in total. The van der Waals surface area contributed by atoms with Crippen molar-refractivity contribution in [3.8, 4) is 5.75 Å². The van der Waals surface area contributed by atoms with E-state index in [1.165, 1.54) is 17.7 Å². The molecule has 0 heterocycles. The number of para-hydroxylation sites is 1. The summed E-state index contributed by atoms with van der Waals surface area (Å²) in [6.45, 7) is 2.13. The lowest BCUT2D eigenvalue weighted by Crippen LogP contribution is -2.32. The Labute approximate surface area is 129 Å². The number of ether oxygens (including phenoxy) is 1. The number of benzene rings is 2. The number of carbonyl (C=O) groups is 1. The summed E-state index contributed by atoms with van der Waals surface area (Å²) in [6.07, 6.45) is 2.13. The van der Waals surface area contributed by atoms with Gasteiger partial charge in [-0.05, 0) is 36.2 Å². The lowest BCUT2D eigenvalue weighted by atomic mass is 10.1. The molecule has 116 valence electrons. The quantitative estimate of drug-likeness (QED) is 0.794. The summed E-state index contributed by atoms with van der Waals surface area (Å²) in [6, 6.07) is 13.2. The van der Waals surface area contributed by atoms with E-state index in [-0.39, 0.29) is 12.4 Å². The average molecular weight is 302 g/mol. The van der Waals surface area contributed by atoms with Crippen LogP contribution in [0.2, 0.25) is 0 Å². The van der Waals surface area contributed by atoms with Crippen molar-refractivity contribution in [2.24, 2.45) is 0 Å². The highest BCUT2D eigenvalue weighted by atomic mass is 19.1. The summed E-state index contributed by atoms with van der Waals surface area (Å²) < 4.78 is 18.8. The molecular formula is C17H19FN2O2. The fourth-order valence-corrected chi connectivity index (χ4v) is 1.96. The summed E-state index contributed by atoms with van der Waals surface area (Å²) >= 11 is 0. The molecule has 2 N–H and O–H groups in total. The Morgan fingerprint density at radius 3 is 2.55 bits per heavy atom. The van der Waals surface area contributed by atoms with Crippen LogP contribution in [0.25, 0.3) is 0 Å². The van der Waals surface area contributed by atoms with Crippen molar-refractivity contribution in [3.63, 3.8) is 0 Å². The number of rotatable bonds is 6. The van der Waals surface area contributed by atoms with Crippen molar-refractivity contribution in [1.82, 2.24) is 5.32 Å². The van der Waals surface area contributed by atoms with Crippen LogP contribution in [0.3, 0.4) is 0 Å². The molecule has 0 aromatic heterocycles. The van der Waals surface area contributed by atoms with Crippen LogP contribution in [0.15, 0.2) is 48.5 Å². The van der Waals surface area contributed by atoms with Crippen molar-refractivity contribution >= 4 is 11.7 Å². The fraction of sp³-hybridized carbons (Fsp3) is 0.235. The second-order valence-electron chi connectivity index (χ2n) is 4.79. The fourth-order valence-electron chi connectivity index (χ4n) is 1.96. The molecule has 2 aromatic rings. The lowest BCUT2D eigenvalue weighted by Gasteiger charge is -2.10. The third-order valence-electron chi connectivity index (χ3n) is 3.06. The van der Waals surface area contributed by atoms with E-state index in [4.69, 9.17) is 4.74 Å². The van der Waals surface area contributed by atoms with Crippen LogP contribution in [-0.4, -0.2) is 12.8 Å². The van der Waals surface area contributed by atoms with E-state index < -0.39 is 11.8 Å². The molecule has 0 saturated carbocycles. The third kappa shape index (κ3) is 4.77. The maximum Gasteiger partial charge on any atom is 0.321 e. The van der Waals surface area contributed by atoms with Crippen LogP contribution in [0.1, 0.15) is 18.9 Å². The van der Waals surface area contributed by atoms with E-state index in [9.17, 15) is 9.18 Å². The van der Waals surface area contributed by atoms with Gasteiger partial charge in [-0.3, -0.25) is 0 Å². The van der Waals surface area contributed by atoms with Gasteiger partial charge < -0.3 is 15.4 Å². The average Bonchev–Trinajstić information content (AvgIpc) is 2.52. The standard InChI is InChI=1S/C17H19FN2O2/c1-2-5-13-8-10-14(11-9-13)22-12-19-17(21)20-16-7-4-3-6-15(16)18/h3-4,6-11H,2,5,12H2,1H3,(H2,19,20,21). The second-order valence-corrected chi connectivity index (χ2v) is 4.79. The Hall–Kier alpha value is -2.56. The van der Waals surface area contributed by atoms with Crippen molar-refractivity contribution in [3.05, 3.63) is 59.9 Å². The van der Waals surface area contributed by atoms with Gasteiger partial charge in [0.05, 0.1) is 5.69 Å². The lowest BCUT2D eigenvalue weighted by molar-refractivity contribution is 0.234. The second kappa shape index (κ2) is 8.02. The first kappa shape index (κ1) is 15.8. The maximum atomic E-state index is 13.4. The minimum Gasteiger partial charge on any atom is -0.473 e. The number of urea groups is 1. The minimum absolute atomic E-state index is 0.00735. The molecule has 2 amide bonds. The van der Waals surface area contributed by atoms with Gasteiger partial charge in [0.25, 0.3) is 0 Å². The van der Waals surface area contributed by atoms with Gasteiger partial charge in [0.1, 0.15) is 11.6 Å². The molecule has 0 fully saturated rings. The summed E-state index contributed by atoms with van der Waals surface area (Å²) in [5, 5.41) is 4.92. The molecular weight excluding hydrogens is 283 g/mol. The third-order valence-corrected chi connectivity index (χ3v) is 3.06. The summed E-state index contributed by atoms with van der Waals surface area (Å²) in [5.74, 6) is 0.191. The molecule has 5 heteroatoms. The Kier molecular flexibility index (Phi) is 5.77. The van der Waals surface area contributed by atoms with Crippen LogP contribution >= 0.6 is 0 Å². The first-order valence-corrected chi connectivity index (χ1v) is 7.20. The van der Waals surface area contributed by atoms with E-state index in [0.717, 1.165) is 12.8 Å². The van der Waals surface area contributed by atoms with Gasteiger partial charge in [0.2, 0.25) is 0 Å². The van der Waals surface area contributed by atoms with E-state index in [1.807, 2.05) is 24.3 Å². The molecule has 22 heavy (non-hydrogen) atoms. The first-order chi connectivity index (χ1) is 10.7. The zero-order valence-electron chi connectivity index (χ0n) is 12.4. The smallest absolute Gasteiger partial charge is 0.321 e. The number of halogens is 1. The normalized spacial score (nSPS) is 10.1. The molecule has 0 radical (unpaired) electrons. The molecule has 0 aliphatic rings. The highest BCUT2D eigenvalue weighted by Crippen LogP contribution is 2.13. The Morgan fingerprint density at radius 2 is 1.86 bits per heavy atom. The molecule has 0 atom stereocenters. The van der Waals surface area contributed by atoms with E-state index in [2.05, 4.69) is 17.6 Å². The molecule has 2 aromatic carbocycles. The Bertz CT molecular complexity index is 614. The predicted octanol–water partition coefficient (Wildman–Crippen LogP) is 3.94. The number of hydrogen-bond donors (Lipinski definition) is 2. The molecule has 0 saturated heterocycles. The number of anilines is 1. The van der Waals surface area contributed by atoms with Crippen molar-refractivity contribution < 1.29 is 13.9 Å². The summed E-state index contributed by atoms with van der Waals surface area (Å²) in [5.41, 5.74) is 1.38. The number of amides is 2. The largest absolute Gasteiger partial charge is 0.473 e. The van der Waals surface area contributed by atoms with Crippen molar-refractivity contribution in [1.29, 1.82) is 0 Å². The molecule has 0 spiro atoms. The van der Waals surface area contributed by atoms with Gasteiger partial charge in [-0.25, -0.2) is 9.18 Å². The number of aryl methyl sites for hydroxylation is 1. The molecule has 0 aliphatic heterocycles. The van der Waals surface area contributed by atoms with Gasteiger partial charge >= 0.3 is 6.03 Å². The van der Waals surface area contributed by atoms with Gasteiger partial charge in [-0.15, -0.1) is 0 Å². The topological polar surface area (TPSA) is 50.4 Å². The molecule has 0 bridgehead atoms. The zero-order valence-corrected chi connectivity index (χ0v) is 12.4. The van der Waals surface area contributed by atoms with Crippen LogP contribution in [0.4, 0.5) is 14.9 Å². The Morgan fingerprint density at radius 1 is 1.14 bits per heavy atom. The van der Waals surface area contributed by atoms with Gasteiger partial charge in [-0.1, -0.05) is 37.6 Å². The molecule has 0 unspecified atom stereocenters. The molecule has 2 rings (SSSR count). The van der Waals surface area contributed by atoms with E-state index in [0.29, 0.717) is 5.75 Å². The highest BCUT2D eigenvalue weighted by molar-refractivity contribution is 5.89. The number of hydrogen-bond acceptors (Lipinski definition) is 2. The minimum atomic E-state index is -0.521. The van der Waals surface area contributed by atoms with Crippen LogP contribution < -0.4 is 15.4 Å². The van der Waals surface area contributed by atoms with Gasteiger partial charge in [0.15, 0.2) is 6.73 Å². The van der Waals surface area contributed by atoms with Gasteiger partial charge in [0, 0.05) is 0 Å². The Balaban J connectivity index is 1.76. The SMILES string of the molecule is CCCc1ccc(OCNC(=O)Nc2ccccc2F)cc1. The number of carbonyl (C=O) groups excluding carboxylic acids is 1. The van der Waals surface area contributed by atoms with Crippen LogP contribution in [-0.2, 0) is 6.42 Å². The highest BCUT2D eigenvalue weighted by Gasteiger charge is 2.05. The van der Waals surface area contributed by atoms with Gasteiger partial charge in [-0.2, -0.15) is 0 Å².